The van der Waals surface area contributed by atoms with E-state index in [1.54, 1.807) is 36.4 Å². The highest BCUT2D eigenvalue weighted by Gasteiger charge is 2.42. The van der Waals surface area contributed by atoms with Crippen LogP contribution in [0.3, 0.4) is 0 Å². The Morgan fingerprint density at radius 1 is 0.800 bits per heavy atom. The van der Waals surface area contributed by atoms with Gasteiger partial charge in [-0.2, -0.15) is 0 Å². The van der Waals surface area contributed by atoms with Crippen LogP contribution in [0.5, 0.6) is 0 Å². The summed E-state index contributed by atoms with van der Waals surface area (Å²) >= 11 is 0. The van der Waals surface area contributed by atoms with Crippen LogP contribution in [0.4, 0.5) is 4.39 Å². The molecule has 30 heavy (non-hydrogen) atoms. The summed E-state index contributed by atoms with van der Waals surface area (Å²) in [6.45, 7) is 0.160. The number of rotatable bonds is 6. The van der Waals surface area contributed by atoms with Gasteiger partial charge in [0.15, 0.2) is 0 Å². The minimum Gasteiger partial charge on any atom is -0.350 e. The van der Waals surface area contributed by atoms with Gasteiger partial charge in [-0.05, 0) is 35.4 Å². The minimum atomic E-state index is -1.000. The molecule has 1 aliphatic rings. The lowest BCUT2D eigenvalue weighted by molar-refractivity contribution is -0.125. The van der Waals surface area contributed by atoms with Gasteiger partial charge in [-0.3, -0.25) is 19.3 Å². The van der Waals surface area contributed by atoms with Crippen LogP contribution in [-0.2, 0) is 17.8 Å². The molecule has 150 valence electrons. The summed E-state index contributed by atoms with van der Waals surface area (Å²) in [6, 6.07) is 20.6. The standard InChI is InChI=1S/C24H19FN2O3/c25-18-12-10-17(11-13-18)15-26-22(28)21(14-16-6-2-1-3-7-16)27-23(29)19-8-4-5-9-20(19)24(27)30/h1-13,21H,14-15H2,(H,26,28)/t21-/m0/s1. The van der Waals surface area contributed by atoms with Crippen molar-refractivity contribution in [2.45, 2.75) is 19.0 Å². The van der Waals surface area contributed by atoms with Crippen LogP contribution < -0.4 is 5.32 Å². The number of hydrogen-bond acceptors (Lipinski definition) is 3. The first-order valence-electron chi connectivity index (χ1n) is 9.57. The topological polar surface area (TPSA) is 66.5 Å². The molecule has 0 aromatic heterocycles. The molecule has 1 aliphatic heterocycles. The lowest BCUT2D eigenvalue weighted by atomic mass is 10.0. The number of fused-ring (bicyclic) bond motifs is 1. The molecule has 1 heterocycles. The molecule has 0 unspecified atom stereocenters. The Morgan fingerprint density at radius 3 is 1.97 bits per heavy atom. The van der Waals surface area contributed by atoms with Gasteiger partial charge in [0, 0.05) is 13.0 Å². The Kier molecular flexibility index (Phi) is 5.39. The first-order chi connectivity index (χ1) is 14.5. The largest absolute Gasteiger partial charge is 0.350 e. The van der Waals surface area contributed by atoms with Gasteiger partial charge in [-0.25, -0.2) is 4.39 Å². The van der Waals surface area contributed by atoms with Crippen molar-refractivity contribution in [3.63, 3.8) is 0 Å². The van der Waals surface area contributed by atoms with E-state index in [9.17, 15) is 18.8 Å². The second kappa shape index (κ2) is 8.29. The van der Waals surface area contributed by atoms with Crippen molar-refractivity contribution < 1.29 is 18.8 Å². The maximum atomic E-state index is 13.1. The average Bonchev–Trinajstić information content (AvgIpc) is 3.02. The molecule has 0 fully saturated rings. The number of nitrogens with zero attached hydrogens (tertiary/aromatic N) is 1. The highest BCUT2D eigenvalue weighted by Crippen LogP contribution is 2.26. The predicted molar refractivity (Wildman–Crippen MR) is 109 cm³/mol. The molecule has 0 radical (unpaired) electrons. The van der Waals surface area contributed by atoms with Gasteiger partial charge in [-0.15, -0.1) is 0 Å². The van der Waals surface area contributed by atoms with Gasteiger partial charge in [0.05, 0.1) is 11.1 Å². The van der Waals surface area contributed by atoms with Crippen LogP contribution in [0, 0.1) is 5.82 Å². The molecule has 1 N–H and O–H groups in total. The van der Waals surface area contributed by atoms with Crippen LogP contribution in [0.25, 0.3) is 0 Å². The van der Waals surface area contributed by atoms with E-state index in [0.717, 1.165) is 10.5 Å². The van der Waals surface area contributed by atoms with E-state index < -0.39 is 23.8 Å². The summed E-state index contributed by atoms with van der Waals surface area (Å²) < 4.78 is 13.1. The van der Waals surface area contributed by atoms with E-state index in [2.05, 4.69) is 5.32 Å². The van der Waals surface area contributed by atoms with Crippen molar-refractivity contribution in [1.29, 1.82) is 0 Å². The quantitative estimate of drug-likeness (QED) is 0.643. The number of hydrogen-bond donors (Lipinski definition) is 1. The Morgan fingerprint density at radius 2 is 1.37 bits per heavy atom. The van der Waals surface area contributed by atoms with Gasteiger partial charge < -0.3 is 5.32 Å². The third-order valence-electron chi connectivity index (χ3n) is 5.09. The van der Waals surface area contributed by atoms with Gasteiger partial charge >= 0.3 is 0 Å². The first-order valence-corrected chi connectivity index (χ1v) is 9.57. The lowest BCUT2D eigenvalue weighted by Gasteiger charge is -2.25. The number of carbonyl (C=O) groups is 3. The van der Waals surface area contributed by atoms with Gasteiger partial charge in [0.25, 0.3) is 11.8 Å². The summed E-state index contributed by atoms with van der Waals surface area (Å²) in [5, 5.41) is 2.78. The molecule has 6 heteroatoms. The maximum Gasteiger partial charge on any atom is 0.262 e. The smallest absolute Gasteiger partial charge is 0.262 e. The Hall–Kier alpha value is -3.80. The van der Waals surface area contributed by atoms with E-state index in [-0.39, 0.29) is 18.8 Å². The fraction of sp³-hybridized carbons (Fsp3) is 0.125. The zero-order valence-electron chi connectivity index (χ0n) is 16.0. The molecule has 3 aromatic carbocycles. The highest BCUT2D eigenvalue weighted by molar-refractivity contribution is 6.22. The summed E-state index contributed by atoms with van der Waals surface area (Å²) in [4.78, 5) is 40.0. The number of amides is 3. The molecule has 0 aliphatic carbocycles. The molecule has 0 saturated heterocycles. The Bertz CT molecular complexity index is 1060. The number of benzene rings is 3. The minimum absolute atomic E-state index is 0.160. The van der Waals surface area contributed by atoms with E-state index in [1.165, 1.54) is 12.1 Å². The van der Waals surface area contributed by atoms with E-state index in [1.807, 2.05) is 30.3 Å². The maximum absolute atomic E-state index is 13.1. The fourth-order valence-electron chi connectivity index (χ4n) is 3.54. The first kappa shape index (κ1) is 19.5. The van der Waals surface area contributed by atoms with Crippen molar-refractivity contribution in [2.24, 2.45) is 0 Å². The number of carbonyl (C=O) groups excluding carboxylic acids is 3. The van der Waals surface area contributed by atoms with Crippen molar-refractivity contribution in [2.75, 3.05) is 0 Å². The zero-order valence-corrected chi connectivity index (χ0v) is 16.0. The molecule has 1 atom stereocenters. The molecule has 4 rings (SSSR count). The number of imide groups is 1. The van der Waals surface area contributed by atoms with Crippen LogP contribution >= 0.6 is 0 Å². The lowest BCUT2D eigenvalue weighted by Crippen LogP contribution is -2.50. The van der Waals surface area contributed by atoms with Crippen LogP contribution in [-0.4, -0.2) is 28.7 Å². The summed E-state index contributed by atoms with van der Waals surface area (Å²) in [6.07, 6.45) is 0.196. The van der Waals surface area contributed by atoms with Crippen LogP contribution in [0.2, 0.25) is 0 Å². The molecule has 3 aromatic rings. The predicted octanol–water partition coefficient (Wildman–Crippen LogP) is 3.35. The zero-order chi connectivity index (χ0) is 21.1. The monoisotopic (exact) mass is 402 g/mol. The van der Waals surface area contributed by atoms with Gasteiger partial charge in [0.1, 0.15) is 11.9 Å². The van der Waals surface area contributed by atoms with Crippen molar-refractivity contribution >= 4 is 17.7 Å². The van der Waals surface area contributed by atoms with Crippen LogP contribution in [0.1, 0.15) is 31.8 Å². The van der Waals surface area contributed by atoms with E-state index in [4.69, 9.17) is 0 Å². The van der Waals surface area contributed by atoms with Crippen molar-refractivity contribution in [3.8, 4) is 0 Å². The van der Waals surface area contributed by atoms with E-state index >= 15 is 0 Å². The molecule has 0 spiro atoms. The Labute approximate surface area is 173 Å². The molecular formula is C24H19FN2O3. The molecule has 3 amide bonds. The SMILES string of the molecule is O=C(NCc1ccc(F)cc1)[C@H](Cc1ccccc1)N1C(=O)c2ccccc2C1=O. The molecule has 5 nitrogen and oxygen atoms in total. The summed E-state index contributed by atoms with van der Waals surface area (Å²) in [5.41, 5.74) is 2.14. The van der Waals surface area contributed by atoms with E-state index in [0.29, 0.717) is 16.7 Å². The highest BCUT2D eigenvalue weighted by atomic mass is 19.1. The Balaban J connectivity index is 1.60. The third-order valence-corrected chi connectivity index (χ3v) is 5.09. The molecule has 0 saturated carbocycles. The van der Waals surface area contributed by atoms with Crippen molar-refractivity contribution in [1.82, 2.24) is 10.2 Å². The number of nitrogens with one attached hydrogen (secondary N) is 1. The molecular weight excluding hydrogens is 383 g/mol. The van der Waals surface area contributed by atoms with Gasteiger partial charge in [0.2, 0.25) is 5.91 Å². The van der Waals surface area contributed by atoms with Gasteiger partial charge in [-0.1, -0.05) is 54.6 Å². The molecule has 0 bridgehead atoms. The second-order valence-electron chi connectivity index (χ2n) is 7.08. The normalized spacial score (nSPS) is 13.8. The second-order valence-corrected chi connectivity index (χ2v) is 7.08. The fourth-order valence-corrected chi connectivity index (χ4v) is 3.54. The van der Waals surface area contributed by atoms with Crippen molar-refractivity contribution in [3.05, 3.63) is 107 Å². The van der Waals surface area contributed by atoms with Crippen LogP contribution in [0.15, 0.2) is 78.9 Å². The third kappa shape index (κ3) is 3.85. The summed E-state index contributed by atoms with van der Waals surface area (Å²) in [5.74, 6) is -1.77. The summed E-state index contributed by atoms with van der Waals surface area (Å²) in [7, 11) is 0. The average molecular weight is 402 g/mol. The number of halogens is 1.